The van der Waals surface area contributed by atoms with Crippen LogP contribution in [0.3, 0.4) is 0 Å². The molecule has 0 radical (unpaired) electrons. The Labute approximate surface area is 181 Å². The largest absolute Gasteiger partial charge is 0.322 e. The molecule has 0 saturated carbocycles. The SMILES string of the molecule is Cc1cc(C(F)F)c2c(C)nn(CC(=O)Nc3cnn(Cc4ccccc4Cl)c3)c2n1. The van der Waals surface area contributed by atoms with Gasteiger partial charge in [-0.25, -0.2) is 18.4 Å². The van der Waals surface area contributed by atoms with Crippen LogP contribution in [0.25, 0.3) is 11.0 Å². The maximum Gasteiger partial charge on any atom is 0.264 e. The minimum absolute atomic E-state index is 0.132. The Morgan fingerprint density at radius 1 is 1.26 bits per heavy atom. The molecule has 31 heavy (non-hydrogen) atoms. The molecule has 4 rings (SSSR count). The molecule has 1 aromatic carbocycles. The van der Waals surface area contributed by atoms with Crippen molar-refractivity contribution in [1.82, 2.24) is 24.5 Å². The van der Waals surface area contributed by atoms with E-state index in [2.05, 4.69) is 20.5 Å². The number of fused-ring (bicyclic) bond motifs is 1. The fraction of sp³-hybridized carbons (Fsp3) is 0.238. The van der Waals surface area contributed by atoms with E-state index in [0.717, 1.165) is 5.56 Å². The fourth-order valence-corrected chi connectivity index (χ4v) is 3.65. The standard InChI is InChI=1S/C21H19ClF2N6O/c1-12-7-16(20(23)24)19-13(2)28-30(21(19)26-12)11-18(31)27-15-8-25-29(10-15)9-14-5-3-4-6-17(14)22/h3-8,10,20H,9,11H2,1-2H3,(H,27,31). The number of hydrogen-bond acceptors (Lipinski definition) is 4. The molecular weight excluding hydrogens is 426 g/mol. The number of halogens is 3. The molecule has 7 nitrogen and oxygen atoms in total. The molecule has 0 aliphatic heterocycles. The van der Waals surface area contributed by atoms with Gasteiger partial charge in [0, 0.05) is 22.5 Å². The molecule has 0 spiro atoms. The quantitative estimate of drug-likeness (QED) is 0.474. The molecule has 3 heterocycles. The summed E-state index contributed by atoms with van der Waals surface area (Å²) >= 11 is 6.17. The number of benzene rings is 1. The summed E-state index contributed by atoms with van der Waals surface area (Å²) in [5, 5.41) is 12.1. The van der Waals surface area contributed by atoms with Gasteiger partial charge in [0.15, 0.2) is 5.65 Å². The average molecular weight is 445 g/mol. The summed E-state index contributed by atoms with van der Waals surface area (Å²) < 4.78 is 29.9. The van der Waals surface area contributed by atoms with E-state index in [1.807, 2.05) is 18.2 Å². The molecule has 160 valence electrons. The molecule has 0 unspecified atom stereocenters. The van der Waals surface area contributed by atoms with E-state index in [0.29, 0.717) is 28.6 Å². The highest BCUT2D eigenvalue weighted by molar-refractivity contribution is 6.31. The zero-order valence-corrected chi connectivity index (χ0v) is 17.6. The molecule has 0 bridgehead atoms. The van der Waals surface area contributed by atoms with Gasteiger partial charge in [0.2, 0.25) is 5.91 Å². The number of anilines is 1. The molecule has 0 aliphatic carbocycles. The Bertz CT molecular complexity index is 1270. The summed E-state index contributed by atoms with van der Waals surface area (Å²) in [6, 6.07) is 8.78. The summed E-state index contributed by atoms with van der Waals surface area (Å²) in [5.41, 5.74) is 2.37. The zero-order chi connectivity index (χ0) is 22.1. The van der Waals surface area contributed by atoms with Gasteiger partial charge in [-0.05, 0) is 31.5 Å². The van der Waals surface area contributed by atoms with Crippen LogP contribution in [-0.4, -0.2) is 30.5 Å². The van der Waals surface area contributed by atoms with Gasteiger partial charge in [-0.2, -0.15) is 10.2 Å². The molecule has 10 heteroatoms. The molecule has 0 atom stereocenters. The van der Waals surface area contributed by atoms with Crippen LogP contribution in [0, 0.1) is 13.8 Å². The van der Waals surface area contributed by atoms with Crippen molar-refractivity contribution in [3.8, 4) is 0 Å². The molecule has 0 aliphatic rings. The second-order valence-corrected chi connectivity index (χ2v) is 7.57. The monoisotopic (exact) mass is 444 g/mol. The number of carbonyl (C=O) groups is 1. The van der Waals surface area contributed by atoms with Crippen LogP contribution in [-0.2, 0) is 17.9 Å². The fourth-order valence-electron chi connectivity index (χ4n) is 3.45. The van der Waals surface area contributed by atoms with Crippen LogP contribution in [0.1, 0.15) is 28.9 Å². The average Bonchev–Trinajstić information content (AvgIpc) is 3.27. The maximum atomic E-state index is 13.4. The Morgan fingerprint density at radius 3 is 2.77 bits per heavy atom. The summed E-state index contributed by atoms with van der Waals surface area (Å²) in [6.07, 6.45) is 0.557. The van der Waals surface area contributed by atoms with Gasteiger partial charge in [-0.15, -0.1) is 0 Å². The number of nitrogens with zero attached hydrogens (tertiary/aromatic N) is 5. The van der Waals surface area contributed by atoms with Gasteiger partial charge in [-0.3, -0.25) is 9.48 Å². The molecule has 3 aromatic heterocycles. The minimum Gasteiger partial charge on any atom is -0.322 e. The lowest BCUT2D eigenvalue weighted by molar-refractivity contribution is -0.116. The van der Waals surface area contributed by atoms with Crippen molar-refractivity contribution in [2.75, 3.05) is 5.32 Å². The number of hydrogen-bond donors (Lipinski definition) is 1. The number of nitrogens with one attached hydrogen (secondary N) is 1. The van der Waals surface area contributed by atoms with Gasteiger partial charge >= 0.3 is 0 Å². The van der Waals surface area contributed by atoms with Crippen LogP contribution in [0.5, 0.6) is 0 Å². The number of rotatable bonds is 6. The number of alkyl halides is 2. The third kappa shape index (κ3) is 4.41. The van der Waals surface area contributed by atoms with Crippen LogP contribution < -0.4 is 5.32 Å². The van der Waals surface area contributed by atoms with E-state index in [1.54, 1.807) is 30.8 Å². The van der Waals surface area contributed by atoms with Crippen LogP contribution in [0.15, 0.2) is 42.7 Å². The summed E-state index contributed by atoms with van der Waals surface area (Å²) in [5.74, 6) is -0.372. The van der Waals surface area contributed by atoms with Crippen LogP contribution >= 0.6 is 11.6 Å². The van der Waals surface area contributed by atoms with Crippen molar-refractivity contribution < 1.29 is 13.6 Å². The van der Waals surface area contributed by atoms with Gasteiger partial charge < -0.3 is 5.32 Å². The van der Waals surface area contributed by atoms with Crippen molar-refractivity contribution in [3.63, 3.8) is 0 Å². The minimum atomic E-state index is -2.65. The predicted molar refractivity (Wildman–Crippen MR) is 113 cm³/mol. The van der Waals surface area contributed by atoms with Gasteiger partial charge in [0.05, 0.1) is 29.5 Å². The summed E-state index contributed by atoms with van der Waals surface area (Å²) in [4.78, 5) is 16.9. The molecule has 1 amide bonds. The Balaban J connectivity index is 1.50. The Kier molecular flexibility index (Phi) is 5.69. The second-order valence-electron chi connectivity index (χ2n) is 7.16. The molecular formula is C21H19ClF2N6O. The second kappa shape index (κ2) is 8.43. The van der Waals surface area contributed by atoms with E-state index < -0.39 is 6.43 Å². The first-order valence-corrected chi connectivity index (χ1v) is 9.88. The Morgan fingerprint density at radius 2 is 2.03 bits per heavy atom. The highest BCUT2D eigenvalue weighted by Crippen LogP contribution is 2.30. The van der Waals surface area contributed by atoms with E-state index in [-0.39, 0.29) is 29.0 Å². The van der Waals surface area contributed by atoms with Crippen LogP contribution in [0.4, 0.5) is 14.5 Å². The predicted octanol–water partition coefficient (Wildman–Crippen LogP) is 4.52. The smallest absolute Gasteiger partial charge is 0.264 e. The van der Waals surface area contributed by atoms with E-state index >= 15 is 0 Å². The number of aromatic nitrogens is 5. The van der Waals surface area contributed by atoms with Crippen molar-refractivity contribution >= 4 is 34.2 Å². The normalized spacial score (nSPS) is 11.4. The van der Waals surface area contributed by atoms with E-state index in [1.165, 1.54) is 16.9 Å². The third-order valence-corrected chi connectivity index (χ3v) is 5.14. The van der Waals surface area contributed by atoms with E-state index in [9.17, 15) is 13.6 Å². The van der Waals surface area contributed by atoms with Crippen molar-refractivity contribution in [1.29, 1.82) is 0 Å². The lowest BCUT2D eigenvalue weighted by atomic mass is 10.1. The summed E-state index contributed by atoms with van der Waals surface area (Å²) in [7, 11) is 0. The van der Waals surface area contributed by atoms with Gasteiger partial charge in [0.1, 0.15) is 6.54 Å². The molecule has 4 aromatic rings. The first-order valence-electron chi connectivity index (χ1n) is 9.50. The van der Waals surface area contributed by atoms with Crippen molar-refractivity contribution in [2.45, 2.75) is 33.4 Å². The lowest BCUT2D eigenvalue weighted by Gasteiger charge is -2.07. The third-order valence-electron chi connectivity index (χ3n) is 4.77. The van der Waals surface area contributed by atoms with Gasteiger partial charge in [-0.1, -0.05) is 29.8 Å². The molecule has 0 saturated heterocycles. The number of amides is 1. The lowest BCUT2D eigenvalue weighted by Crippen LogP contribution is -2.19. The first-order chi connectivity index (χ1) is 14.8. The first kappa shape index (κ1) is 20.9. The van der Waals surface area contributed by atoms with Crippen molar-refractivity contribution in [3.05, 3.63) is 70.3 Å². The van der Waals surface area contributed by atoms with Gasteiger partial charge in [0.25, 0.3) is 6.43 Å². The zero-order valence-electron chi connectivity index (χ0n) is 16.8. The molecule has 0 fully saturated rings. The number of aryl methyl sites for hydroxylation is 2. The Hall–Kier alpha value is -3.33. The maximum absolute atomic E-state index is 13.4. The molecule has 1 N–H and O–H groups in total. The highest BCUT2D eigenvalue weighted by atomic mass is 35.5. The number of pyridine rings is 1. The van der Waals surface area contributed by atoms with E-state index in [4.69, 9.17) is 11.6 Å². The van der Waals surface area contributed by atoms with Crippen molar-refractivity contribution in [2.24, 2.45) is 0 Å². The highest BCUT2D eigenvalue weighted by Gasteiger charge is 2.20. The summed E-state index contributed by atoms with van der Waals surface area (Å²) in [6.45, 7) is 3.54. The number of carbonyl (C=O) groups excluding carboxylic acids is 1. The topological polar surface area (TPSA) is 77.6 Å². The van der Waals surface area contributed by atoms with Crippen LogP contribution in [0.2, 0.25) is 5.02 Å².